The number of ketones is 1. The Labute approximate surface area is 55.5 Å². The summed E-state index contributed by atoms with van der Waals surface area (Å²) in [4.78, 5) is 10.8. The van der Waals surface area contributed by atoms with Crippen molar-refractivity contribution in [1.29, 1.82) is 0 Å². The molecule has 0 atom stereocenters. The van der Waals surface area contributed by atoms with E-state index < -0.39 is 5.60 Å². The van der Waals surface area contributed by atoms with E-state index in [0.29, 0.717) is 0 Å². The Balaban J connectivity index is 4.13. The van der Waals surface area contributed by atoms with Crippen LogP contribution < -0.4 is 0 Å². The van der Waals surface area contributed by atoms with Crippen molar-refractivity contribution >= 4 is 5.78 Å². The highest BCUT2D eigenvalue weighted by Crippen LogP contribution is 2.08. The van der Waals surface area contributed by atoms with Gasteiger partial charge in [-0.2, -0.15) is 0 Å². The number of rotatable bonds is 3. The van der Waals surface area contributed by atoms with E-state index in [-0.39, 0.29) is 5.78 Å². The maximum absolute atomic E-state index is 10.8. The molecular formula is C7H12O2. The fourth-order valence-corrected chi connectivity index (χ4v) is 0.346. The van der Waals surface area contributed by atoms with Crippen LogP contribution in [0.2, 0.25) is 0 Å². The van der Waals surface area contributed by atoms with Gasteiger partial charge >= 0.3 is 0 Å². The summed E-state index contributed by atoms with van der Waals surface area (Å²) >= 11 is 0. The van der Waals surface area contributed by atoms with Crippen molar-refractivity contribution in [3.63, 3.8) is 0 Å². The summed E-state index contributed by atoms with van der Waals surface area (Å²) in [6, 6.07) is 0. The Bertz CT molecular complexity index is 125. The second-order valence-electron chi connectivity index (χ2n) is 2.28. The average molecular weight is 128 g/mol. The summed E-state index contributed by atoms with van der Waals surface area (Å²) in [5, 5.41) is 0. The maximum Gasteiger partial charge on any atom is 0.186 e. The molecule has 0 N–H and O–H groups in total. The van der Waals surface area contributed by atoms with E-state index in [1.54, 1.807) is 13.8 Å². The second-order valence-corrected chi connectivity index (χ2v) is 2.28. The number of ether oxygens (including phenoxy) is 1. The van der Waals surface area contributed by atoms with Crippen molar-refractivity contribution in [3.8, 4) is 0 Å². The van der Waals surface area contributed by atoms with E-state index in [0.717, 1.165) is 0 Å². The molecular weight excluding hydrogens is 116 g/mol. The van der Waals surface area contributed by atoms with Crippen LogP contribution in [0.1, 0.15) is 13.8 Å². The van der Waals surface area contributed by atoms with E-state index in [2.05, 4.69) is 6.58 Å². The lowest BCUT2D eigenvalue weighted by atomic mass is 10.0. The number of carbonyl (C=O) groups is 1. The summed E-state index contributed by atoms with van der Waals surface area (Å²) in [6.07, 6.45) is 1.27. The Hall–Kier alpha value is -0.630. The van der Waals surface area contributed by atoms with Crippen molar-refractivity contribution in [2.75, 3.05) is 7.11 Å². The lowest BCUT2D eigenvalue weighted by Gasteiger charge is -2.18. The first-order valence-electron chi connectivity index (χ1n) is 2.76. The van der Waals surface area contributed by atoms with Crippen LogP contribution in [-0.2, 0) is 9.53 Å². The van der Waals surface area contributed by atoms with E-state index in [4.69, 9.17) is 4.74 Å². The van der Waals surface area contributed by atoms with Crippen LogP contribution in [0.3, 0.4) is 0 Å². The van der Waals surface area contributed by atoms with Crippen molar-refractivity contribution in [2.45, 2.75) is 19.4 Å². The highest BCUT2D eigenvalue weighted by atomic mass is 16.5. The zero-order chi connectivity index (χ0) is 7.49. The van der Waals surface area contributed by atoms with Gasteiger partial charge in [0.05, 0.1) is 0 Å². The minimum Gasteiger partial charge on any atom is -0.371 e. The first-order valence-corrected chi connectivity index (χ1v) is 2.76. The Kier molecular flexibility index (Phi) is 2.59. The number of hydrogen-bond acceptors (Lipinski definition) is 2. The van der Waals surface area contributed by atoms with E-state index in [9.17, 15) is 4.79 Å². The predicted octanol–water partition coefficient (Wildman–Crippen LogP) is 1.17. The third-order valence-electron chi connectivity index (χ3n) is 1.29. The van der Waals surface area contributed by atoms with Crippen LogP contribution in [-0.4, -0.2) is 18.5 Å². The topological polar surface area (TPSA) is 26.3 Å². The van der Waals surface area contributed by atoms with Gasteiger partial charge in [0, 0.05) is 7.11 Å². The van der Waals surface area contributed by atoms with Crippen LogP contribution in [0, 0.1) is 0 Å². The first kappa shape index (κ1) is 8.37. The standard InChI is InChI=1S/C7H12O2/c1-5-6(8)7(2,3)9-4/h5H,1H2,2-4H3. The monoisotopic (exact) mass is 128 g/mol. The largest absolute Gasteiger partial charge is 0.371 e. The highest BCUT2D eigenvalue weighted by Gasteiger charge is 2.23. The molecule has 0 aromatic carbocycles. The molecule has 0 heterocycles. The van der Waals surface area contributed by atoms with Gasteiger partial charge in [-0.15, -0.1) is 0 Å². The van der Waals surface area contributed by atoms with E-state index in [1.807, 2.05) is 0 Å². The molecule has 0 saturated carbocycles. The quantitative estimate of drug-likeness (QED) is 0.533. The van der Waals surface area contributed by atoms with Gasteiger partial charge < -0.3 is 4.74 Å². The minimum atomic E-state index is -0.707. The minimum absolute atomic E-state index is 0.0926. The summed E-state index contributed by atoms with van der Waals surface area (Å²) in [5.74, 6) is -0.0926. The Morgan fingerprint density at radius 2 is 2.11 bits per heavy atom. The lowest BCUT2D eigenvalue weighted by molar-refractivity contribution is -0.131. The number of hydrogen-bond donors (Lipinski definition) is 0. The zero-order valence-corrected chi connectivity index (χ0v) is 6.10. The maximum atomic E-state index is 10.8. The summed E-state index contributed by atoms with van der Waals surface area (Å²) < 4.78 is 4.87. The molecule has 0 saturated heterocycles. The molecule has 0 bridgehead atoms. The molecule has 2 nitrogen and oxygen atoms in total. The second kappa shape index (κ2) is 2.78. The Morgan fingerprint density at radius 1 is 1.67 bits per heavy atom. The summed E-state index contributed by atoms with van der Waals surface area (Å²) in [7, 11) is 1.50. The van der Waals surface area contributed by atoms with Gasteiger partial charge in [-0.25, -0.2) is 0 Å². The molecule has 0 aromatic heterocycles. The zero-order valence-electron chi connectivity index (χ0n) is 6.10. The van der Waals surface area contributed by atoms with Gasteiger partial charge in [0.15, 0.2) is 5.78 Å². The number of carbonyl (C=O) groups excluding carboxylic acids is 1. The van der Waals surface area contributed by atoms with Crippen LogP contribution in [0.5, 0.6) is 0 Å². The molecule has 0 aliphatic heterocycles. The SMILES string of the molecule is C=CC(=O)C(C)(C)OC. The van der Waals surface area contributed by atoms with Crippen LogP contribution in [0.15, 0.2) is 12.7 Å². The van der Waals surface area contributed by atoms with Crippen molar-refractivity contribution in [1.82, 2.24) is 0 Å². The van der Waals surface area contributed by atoms with Gasteiger partial charge in [0.2, 0.25) is 0 Å². The van der Waals surface area contributed by atoms with E-state index in [1.165, 1.54) is 13.2 Å². The molecule has 0 amide bonds. The third-order valence-corrected chi connectivity index (χ3v) is 1.29. The van der Waals surface area contributed by atoms with Crippen molar-refractivity contribution in [2.24, 2.45) is 0 Å². The predicted molar refractivity (Wildman–Crippen MR) is 36.3 cm³/mol. The molecule has 2 heteroatoms. The van der Waals surface area contributed by atoms with E-state index >= 15 is 0 Å². The smallest absolute Gasteiger partial charge is 0.186 e. The fraction of sp³-hybridized carbons (Fsp3) is 0.571. The molecule has 0 aliphatic rings. The molecule has 0 rings (SSSR count). The Morgan fingerprint density at radius 3 is 2.22 bits per heavy atom. The van der Waals surface area contributed by atoms with Crippen LogP contribution in [0.25, 0.3) is 0 Å². The molecule has 0 aliphatic carbocycles. The normalized spacial score (nSPS) is 11.0. The molecule has 0 unspecified atom stereocenters. The van der Waals surface area contributed by atoms with Gasteiger partial charge in [0.25, 0.3) is 0 Å². The van der Waals surface area contributed by atoms with Gasteiger partial charge in [-0.05, 0) is 19.9 Å². The third kappa shape index (κ3) is 1.98. The summed E-state index contributed by atoms with van der Waals surface area (Å²) in [5.41, 5.74) is -0.707. The molecule has 52 valence electrons. The number of methoxy groups -OCH3 is 1. The molecule has 0 radical (unpaired) electrons. The summed E-state index contributed by atoms with van der Waals surface area (Å²) in [6.45, 7) is 6.76. The van der Waals surface area contributed by atoms with Crippen LogP contribution >= 0.6 is 0 Å². The van der Waals surface area contributed by atoms with Crippen molar-refractivity contribution in [3.05, 3.63) is 12.7 Å². The first-order chi connectivity index (χ1) is 4.04. The molecule has 0 fully saturated rings. The molecule has 0 aromatic rings. The van der Waals surface area contributed by atoms with Gasteiger partial charge in [-0.3, -0.25) is 4.79 Å². The fourth-order valence-electron chi connectivity index (χ4n) is 0.346. The molecule has 9 heavy (non-hydrogen) atoms. The van der Waals surface area contributed by atoms with Gasteiger partial charge in [-0.1, -0.05) is 6.58 Å². The van der Waals surface area contributed by atoms with Gasteiger partial charge in [0.1, 0.15) is 5.60 Å². The van der Waals surface area contributed by atoms with Crippen molar-refractivity contribution < 1.29 is 9.53 Å². The van der Waals surface area contributed by atoms with Crippen LogP contribution in [0.4, 0.5) is 0 Å². The highest BCUT2D eigenvalue weighted by molar-refractivity contribution is 5.95. The average Bonchev–Trinajstić information content (AvgIpc) is 1.86. The lowest BCUT2D eigenvalue weighted by Crippen LogP contribution is -2.31. The molecule has 0 spiro atoms.